The lowest BCUT2D eigenvalue weighted by molar-refractivity contribution is -0.120. The van der Waals surface area contributed by atoms with Crippen molar-refractivity contribution in [2.45, 2.75) is 31.3 Å². The van der Waals surface area contributed by atoms with Crippen LogP contribution < -0.4 is 10.6 Å². The van der Waals surface area contributed by atoms with Gasteiger partial charge in [0.15, 0.2) is 0 Å². The molecular weight excluding hydrogens is 256 g/mol. The van der Waals surface area contributed by atoms with Crippen molar-refractivity contribution >= 4 is 17.7 Å². The highest BCUT2D eigenvalue weighted by Gasteiger charge is 2.12. The van der Waals surface area contributed by atoms with Crippen LogP contribution in [0.15, 0.2) is 30.3 Å². The third-order valence-corrected chi connectivity index (χ3v) is 3.95. The lowest BCUT2D eigenvalue weighted by atomic mass is 10.2. The maximum absolute atomic E-state index is 11.8. The van der Waals surface area contributed by atoms with Crippen molar-refractivity contribution in [1.82, 2.24) is 10.6 Å². The van der Waals surface area contributed by atoms with Crippen molar-refractivity contribution in [1.29, 1.82) is 0 Å². The van der Waals surface area contributed by atoms with Crippen LogP contribution in [0.1, 0.15) is 25.8 Å². The number of nitrogens with one attached hydrogen (secondary N) is 2. The Morgan fingerprint density at radius 3 is 2.63 bits per heavy atom. The average molecular weight is 280 g/mol. The van der Waals surface area contributed by atoms with Crippen LogP contribution in [-0.4, -0.2) is 30.8 Å². The molecular formula is C15H24N2OS. The molecule has 0 bridgehead atoms. The van der Waals surface area contributed by atoms with Gasteiger partial charge in [-0.2, -0.15) is 0 Å². The molecule has 1 amide bonds. The van der Waals surface area contributed by atoms with Gasteiger partial charge in [0, 0.05) is 18.8 Å². The van der Waals surface area contributed by atoms with E-state index in [1.54, 1.807) is 11.8 Å². The first-order valence-corrected chi connectivity index (χ1v) is 7.93. The van der Waals surface area contributed by atoms with E-state index in [0.29, 0.717) is 6.54 Å². The summed E-state index contributed by atoms with van der Waals surface area (Å²) in [7, 11) is 0. The quantitative estimate of drug-likeness (QED) is 0.683. The summed E-state index contributed by atoms with van der Waals surface area (Å²) in [6.07, 6.45) is 1.12. The molecule has 2 N–H and O–H groups in total. The van der Waals surface area contributed by atoms with Gasteiger partial charge in [-0.15, -0.1) is 11.8 Å². The molecule has 1 rings (SSSR count). The SMILES string of the molecule is CCCNCCNC(=O)C(C)SCc1ccccc1. The Hall–Kier alpha value is -1.00. The maximum atomic E-state index is 11.8. The number of benzene rings is 1. The molecule has 0 saturated carbocycles. The number of hydrogen-bond acceptors (Lipinski definition) is 3. The summed E-state index contributed by atoms with van der Waals surface area (Å²) < 4.78 is 0. The first kappa shape index (κ1) is 16.1. The lowest BCUT2D eigenvalue weighted by Crippen LogP contribution is -2.36. The second-order valence-electron chi connectivity index (χ2n) is 4.48. The van der Waals surface area contributed by atoms with E-state index in [9.17, 15) is 4.79 Å². The maximum Gasteiger partial charge on any atom is 0.232 e. The Kier molecular flexibility index (Phi) is 8.34. The van der Waals surface area contributed by atoms with Gasteiger partial charge in [0.1, 0.15) is 0 Å². The average Bonchev–Trinajstić information content (AvgIpc) is 2.45. The van der Waals surface area contributed by atoms with E-state index in [2.05, 4.69) is 29.7 Å². The molecule has 106 valence electrons. The van der Waals surface area contributed by atoms with Crippen molar-refractivity contribution in [3.05, 3.63) is 35.9 Å². The summed E-state index contributed by atoms with van der Waals surface area (Å²) in [6.45, 7) is 6.65. The largest absolute Gasteiger partial charge is 0.354 e. The van der Waals surface area contributed by atoms with Gasteiger partial charge < -0.3 is 10.6 Å². The van der Waals surface area contributed by atoms with Crippen LogP contribution in [0.25, 0.3) is 0 Å². The smallest absolute Gasteiger partial charge is 0.232 e. The Morgan fingerprint density at radius 1 is 1.21 bits per heavy atom. The molecule has 0 heterocycles. The first-order valence-electron chi connectivity index (χ1n) is 6.88. The fraction of sp³-hybridized carbons (Fsp3) is 0.533. The Balaban J connectivity index is 2.14. The number of carbonyl (C=O) groups excluding carboxylic acids is 1. The van der Waals surface area contributed by atoms with Crippen molar-refractivity contribution in [3.8, 4) is 0 Å². The molecule has 0 fully saturated rings. The zero-order valence-corrected chi connectivity index (χ0v) is 12.6. The first-order chi connectivity index (χ1) is 9.24. The van der Waals surface area contributed by atoms with E-state index in [-0.39, 0.29) is 11.2 Å². The van der Waals surface area contributed by atoms with Crippen LogP contribution in [-0.2, 0) is 10.5 Å². The minimum absolute atomic E-state index is 0.00798. The second-order valence-corrected chi connectivity index (χ2v) is 5.81. The van der Waals surface area contributed by atoms with Gasteiger partial charge >= 0.3 is 0 Å². The zero-order valence-electron chi connectivity index (χ0n) is 11.8. The molecule has 1 atom stereocenters. The van der Waals surface area contributed by atoms with E-state index in [1.807, 2.05) is 25.1 Å². The molecule has 0 aliphatic heterocycles. The molecule has 1 aromatic rings. The highest BCUT2D eigenvalue weighted by Crippen LogP contribution is 2.17. The number of amides is 1. The third kappa shape index (κ3) is 7.23. The standard InChI is InChI=1S/C15H24N2OS/c1-3-9-16-10-11-17-15(18)13(2)19-12-14-7-5-4-6-8-14/h4-8,13,16H,3,9-12H2,1-2H3,(H,17,18). The molecule has 3 nitrogen and oxygen atoms in total. The van der Waals surface area contributed by atoms with Crippen molar-refractivity contribution in [3.63, 3.8) is 0 Å². The van der Waals surface area contributed by atoms with E-state index in [4.69, 9.17) is 0 Å². The molecule has 0 saturated heterocycles. The highest BCUT2D eigenvalue weighted by atomic mass is 32.2. The van der Waals surface area contributed by atoms with Crippen LogP contribution in [0, 0.1) is 0 Å². The Labute approximate surface area is 120 Å². The van der Waals surface area contributed by atoms with Crippen LogP contribution in [0.5, 0.6) is 0 Å². The number of thioether (sulfide) groups is 1. The van der Waals surface area contributed by atoms with Crippen LogP contribution in [0.2, 0.25) is 0 Å². The Bertz CT molecular complexity index is 356. The Morgan fingerprint density at radius 2 is 1.95 bits per heavy atom. The van der Waals surface area contributed by atoms with Crippen molar-refractivity contribution in [2.75, 3.05) is 19.6 Å². The molecule has 0 aliphatic carbocycles. The molecule has 0 aliphatic rings. The molecule has 0 radical (unpaired) electrons. The summed E-state index contributed by atoms with van der Waals surface area (Å²) in [5, 5.41) is 6.21. The normalized spacial score (nSPS) is 12.1. The van der Waals surface area contributed by atoms with Crippen LogP contribution >= 0.6 is 11.8 Å². The predicted molar refractivity (Wildman–Crippen MR) is 83.4 cm³/mol. The van der Waals surface area contributed by atoms with Crippen LogP contribution in [0.4, 0.5) is 0 Å². The third-order valence-electron chi connectivity index (χ3n) is 2.74. The van der Waals surface area contributed by atoms with E-state index < -0.39 is 0 Å². The van der Waals surface area contributed by atoms with Crippen LogP contribution in [0.3, 0.4) is 0 Å². The van der Waals surface area contributed by atoms with E-state index in [0.717, 1.165) is 25.3 Å². The van der Waals surface area contributed by atoms with Gasteiger partial charge in [-0.25, -0.2) is 0 Å². The van der Waals surface area contributed by atoms with E-state index >= 15 is 0 Å². The van der Waals surface area contributed by atoms with Gasteiger partial charge in [0.2, 0.25) is 5.91 Å². The van der Waals surface area contributed by atoms with E-state index in [1.165, 1.54) is 5.56 Å². The van der Waals surface area contributed by atoms with Crippen molar-refractivity contribution in [2.24, 2.45) is 0 Å². The van der Waals surface area contributed by atoms with Gasteiger partial charge in [0.25, 0.3) is 0 Å². The minimum Gasteiger partial charge on any atom is -0.354 e. The summed E-state index contributed by atoms with van der Waals surface area (Å²) in [4.78, 5) is 11.8. The van der Waals surface area contributed by atoms with Gasteiger partial charge in [0.05, 0.1) is 5.25 Å². The summed E-state index contributed by atoms with van der Waals surface area (Å²) in [5.41, 5.74) is 1.26. The summed E-state index contributed by atoms with van der Waals surface area (Å²) in [5.74, 6) is 1.00. The monoisotopic (exact) mass is 280 g/mol. The molecule has 4 heteroatoms. The fourth-order valence-electron chi connectivity index (χ4n) is 1.59. The molecule has 19 heavy (non-hydrogen) atoms. The molecule has 0 spiro atoms. The number of carbonyl (C=O) groups is 1. The molecule has 1 aromatic carbocycles. The second kappa shape index (κ2) is 9.87. The minimum atomic E-state index is -0.00798. The lowest BCUT2D eigenvalue weighted by Gasteiger charge is -2.12. The highest BCUT2D eigenvalue weighted by molar-refractivity contribution is 7.99. The van der Waals surface area contributed by atoms with Gasteiger partial charge in [-0.05, 0) is 25.5 Å². The van der Waals surface area contributed by atoms with Gasteiger partial charge in [-0.3, -0.25) is 4.79 Å². The fourth-order valence-corrected chi connectivity index (χ4v) is 2.46. The molecule has 1 unspecified atom stereocenters. The van der Waals surface area contributed by atoms with Crippen molar-refractivity contribution < 1.29 is 4.79 Å². The topological polar surface area (TPSA) is 41.1 Å². The van der Waals surface area contributed by atoms with Gasteiger partial charge in [-0.1, -0.05) is 37.3 Å². The summed E-state index contributed by atoms with van der Waals surface area (Å²) in [6, 6.07) is 10.2. The number of hydrogen-bond donors (Lipinski definition) is 2. The summed E-state index contributed by atoms with van der Waals surface area (Å²) >= 11 is 1.67. The number of rotatable bonds is 9. The zero-order chi connectivity index (χ0) is 13.9. The predicted octanol–water partition coefficient (Wildman–Crippen LogP) is 2.42. The molecule has 0 aromatic heterocycles.